The summed E-state index contributed by atoms with van der Waals surface area (Å²) in [5.74, 6) is 0. The maximum Gasteiger partial charge on any atom is 0.213 e. The number of anilines is 1. The summed E-state index contributed by atoms with van der Waals surface area (Å²) in [6, 6.07) is 18.6. The first kappa shape index (κ1) is 21.6. The Bertz CT molecular complexity index is 1070. The van der Waals surface area contributed by atoms with Crippen molar-refractivity contribution < 1.29 is 31.8 Å². The number of aliphatic hydroxyl groups excluding tert-OH is 2. The summed E-state index contributed by atoms with van der Waals surface area (Å²) in [7, 11) is 2.09. The fourth-order valence-electron chi connectivity index (χ4n) is 3.40. The Kier molecular flexibility index (Phi) is 7.14. The first-order valence-electron chi connectivity index (χ1n) is 9.26. The van der Waals surface area contributed by atoms with Gasteiger partial charge in [0, 0.05) is 24.1 Å². The normalized spacial score (nSPS) is 15.7. The molecule has 0 saturated heterocycles. The van der Waals surface area contributed by atoms with Crippen LogP contribution in [0.3, 0.4) is 0 Å². The zero-order valence-electron chi connectivity index (χ0n) is 16.1. The van der Waals surface area contributed by atoms with E-state index in [4.69, 9.17) is 5.11 Å². The molecule has 29 heavy (non-hydrogen) atoms. The molecule has 0 radical (unpaired) electrons. The van der Waals surface area contributed by atoms with E-state index in [0.29, 0.717) is 6.54 Å². The van der Waals surface area contributed by atoms with Crippen molar-refractivity contribution in [2.75, 3.05) is 18.6 Å². The van der Waals surface area contributed by atoms with Gasteiger partial charge in [-0.25, -0.2) is 0 Å². The zero-order chi connectivity index (χ0) is 19.5. The minimum Gasteiger partial charge on any atom is -1.00 e. The van der Waals surface area contributed by atoms with Gasteiger partial charge in [-0.3, -0.25) is 0 Å². The molecule has 6 heteroatoms. The summed E-state index contributed by atoms with van der Waals surface area (Å²) in [4.78, 5) is 3.48. The average molecular weight is 471 g/mol. The number of hydrogen-bond donors (Lipinski definition) is 2. The lowest BCUT2D eigenvalue weighted by molar-refractivity contribution is -0.678. The summed E-state index contributed by atoms with van der Waals surface area (Å²) < 4.78 is 1.98. The van der Waals surface area contributed by atoms with E-state index in [1.165, 1.54) is 15.6 Å². The molecule has 4 rings (SSSR count). The van der Waals surface area contributed by atoms with Crippen LogP contribution in [0.1, 0.15) is 5.56 Å². The number of halogens is 1. The molecule has 2 N–H and O–H groups in total. The molecule has 0 fully saturated rings. The Morgan fingerprint density at radius 3 is 2.66 bits per heavy atom. The molecule has 2 aromatic carbocycles. The smallest absolute Gasteiger partial charge is 0.213 e. The molecule has 1 aromatic heterocycles. The molecular weight excluding hydrogens is 448 g/mol. The van der Waals surface area contributed by atoms with Crippen LogP contribution in [0.25, 0.3) is 17.0 Å². The number of aliphatic hydroxyl groups is 2. The van der Waals surface area contributed by atoms with Crippen molar-refractivity contribution in [1.82, 2.24) is 0 Å². The highest BCUT2D eigenvalue weighted by Gasteiger charge is 2.20. The van der Waals surface area contributed by atoms with Crippen molar-refractivity contribution >= 4 is 34.4 Å². The molecule has 3 aromatic rings. The Morgan fingerprint density at radius 2 is 1.86 bits per heavy atom. The van der Waals surface area contributed by atoms with Gasteiger partial charge in [0.2, 0.25) is 5.52 Å². The van der Waals surface area contributed by atoms with E-state index >= 15 is 0 Å². The third kappa shape index (κ3) is 4.56. The van der Waals surface area contributed by atoms with Gasteiger partial charge in [0.05, 0.1) is 22.7 Å². The van der Waals surface area contributed by atoms with Gasteiger partial charge < -0.3 is 32.1 Å². The first-order chi connectivity index (χ1) is 13.7. The molecule has 0 bridgehead atoms. The second-order valence-corrected chi connectivity index (χ2v) is 7.83. The molecule has 1 atom stereocenters. The Labute approximate surface area is 185 Å². The van der Waals surface area contributed by atoms with Gasteiger partial charge in [0.25, 0.3) is 0 Å². The molecule has 1 unspecified atom stereocenters. The highest BCUT2D eigenvalue weighted by Crippen LogP contribution is 2.44. The SMILES string of the molecule is CN1/C(=C\C=C\c2cc[n+](CC(O)CO)c3ccccc23)Sc2ccccc21.[Br-]. The number of hydrogen-bond acceptors (Lipinski definition) is 4. The number of benzene rings is 2. The summed E-state index contributed by atoms with van der Waals surface area (Å²) >= 11 is 1.78. The van der Waals surface area contributed by atoms with Crippen molar-refractivity contribution in [2.24, 2.45) is 0 Å². The number of nitrogens with zero attached hydrogens (tertiary/aromatic N) is 2. The molecule has 1 aliphatic rings. The molecule has 0 saturated carbocycles. The van der Waals surface area contributed by atoms with Crippen LogP contribution in [0, 0.1) is 0 Å². The largest absolute Gasteiger partial charge is 1.00 e. The molecule has 0 spiro atoms. The van der Waals surface area contributed by atoms with Gasteiger partial charge in [-0.15, -0.1) is 0 Å². The van der Waals surface area contributed by atoms with Crippen molar-refractivity contribution in [3.8, 4) is 0 Å². The number of fused-ring (bicyclic) bond motifs is 2. The minimum absolute atomic E-state index is 0. The van der Waals surface area contributed by atoms with Crippen molar-refractivity contribution in [2.45, 2.75) is 17.5 Å². The molecule has 2 heterocycles. The van der Waals surface area contributed by atoms with E-state index in [1.807, 2.05) is 35.0 Å². The fraction of sp³-hybridized carbons (Fsp3) is 0.174. The van der Waals surface area contributed by atoms with E-state index in [0.717, 1.165) is 16.5 Å². The van der Waals surface area contributed by atoms with Gasteiger partial charge in [0.1, 0.15) is 6.10 Å². The van der Waals surface area contributed by atoms with Gasteiger partial charge in [-0.2, -0.15) is 4.57 Å². The summed E-state index contributed by atoms with van der Waals surface area (Å²) in [5, 5.41) is 21.2. The maximum atomic E-state index is 9.80. The third-order valence-corrected chi connectivity index (χ3v) is 6.05. The van der Waals surface area contributed by atoms with Gasteiger partial charge >= 0.3 is 0 Å². The van der Waals surface area contributed by atoms with Crippen molar-refractivity contribution in [3.63, 3.8) is 0 Å². The number of pyridine rings is 1. The topological polar surface area (TPSA) is 47.6 Å². The van der Waals surface area contributed by atoms with Crippen LogP contribution in [-0.4, -0.2) is 30.0 Å². The highest BCUT2D eigenvalue weighted by atomic mass is 79.9. The van der Waals surface area contributed by atoms with E-state index in [9.17, 15) is 5.11 Å². The Hall–Kier alpha value is -2.12. The number of thioether (sulfide) groups is 1. The molecule has 0 aliphatic carbocycles. The molecule has 4 nitrogen and oxygen atoms in total. The monoisotopic (exact) mass is 470 g/mol. The quantitative estimate of drug-likeness (QED) is 0.535. The van der Waals surface area contributed by atoms with E-state index in [-0.39, 0.29) is 23.6 Å². The van der Waals surface area contributed by atoms with Crippen LogP contribution < -0.4 is 26.4 Å². The standard InChI is InChI=1S/C23H23N2O2S.BrH/c1-24-21-10-4-5-11-22(21)28-23(24)12-6-7-17-13-14-25(15-18(27)16-26)20-9-3-2-8-19(17)20;/h2-14,18,26-27H,15-16H2,1H3;1H/q+1;/p-1. The third-order valence-electron chi connectivity index (χ3n) is 4.86. The second-order valence-electron chi connectivity index (χ2n) is 6.77. The molecule has 150 valence electrons. The summed E-state index contributed by atoms with van der Waals surface area (Å²) in [5.41, 5.74) is 3.38. The number of para-hydroxylation sites is 2. The van der Waals surface area contributed by atoms with Crippen LogP contribution >= 0.6 is 11.8 Å². The van der Waals surface area contributed by atoms with E-state index in [2.05, 4.69) is 60.5 Å². The lowest BCUT2D eigenvalue weighted by atomic mass is 10.1. The van der Waals surface area contributed by atoms with Crippen LogP contribution in [0.15, 0.2) is 82.9 Å². The van der Waals surface area contributed by atoms with E-state index in [1.54, 1.807) is 11.8 Å². The number of aromatic nitrogens is 1. The zero-order valence-corrected chi connectivity index (χ0v) is 18.5. The van der Waals surface area contributed by atoms with Crippen LogP contribution in [0.4, 0.5) is 5.69 Å². The Balaban J connectivity index is 0.00000240. The summed E-state index contributed by atoms with van der Waals surface area (Å²) in [6.07, 6.45) is 7.52. The van der Waals surface area contributed by atoms with Crippen LogP contribution in [0.5, 0.6) is 0 Å². The number of rotatable bonds is 5. The molecule has 1 aliphatic heterocycles. The molecular formula is C23H23BrN2O2S. The minimum atomic E-state index is -0.768. The van der Waals surface area contributed by atoms with Gasteiger partial charge in [-0.1, -0.05) is 48.2 Å². The predicted octanol–water partition coefficient (Wildman–Crippen LogP) is 0.581. The average Bonchev–Trinajstić information content (AvgIpc) is 3.05. The van der Waals surface area contributed by atoms with Crippen LogP contribution in [-0.2, 0) is 6.54 Å². The second kappa shape index (κ2) is 9.59. The van der Waals surface area contributed by atoms with E-state index < -0.39 is 6.10 Å². The molecule has 0 amide bonds. The first-order valence-corrected chi connectivity index (χ1v) is 10.1. The maximum absolute atomic E-state index is 9.80. The van der Waals surface area contributed by atoms with Gasteiger partial charge in [-0.05, 0) is 29.8 Å². The lowest BCUT2D eigenvalue weighted by Crippen LogP contribution is -3.00. The fourth-order valence-corrected chi connectivity index (χ4v) is 4.46. The van der Waals surface area contributed by atoms with Crippen molar-refractivity contribution in [1.29, 1.82) is 0 Å². The predicted molar refractivity (Wildman–Crippen MR) is 115 cm³/mol. The number of allylic oxidation sites excluding steroid dienone is 2. The lowest BCUT2D eigenvalue weighted by Gasteiger charge is -2.12. The Morgan fingerprint density at radius 1 is 1.10 bits per heavy atom. The van der Waals surface area contributed by atoms with Gasteiger partial charge in [0.15, 0.2) is 12.7 Å². The van der Waals surface area contributed by atoms with Crippen LogP contribution in [0.2, 0.25) is 0 Å². The summed E-state index contributed by atoms with van der Waals surface area (Å²) in [6.45, 7) is 0.120. The van der Waals surface area contributed by atoms with Crippen molar-refractivity contribution in [3.05, 3.63) is 83.5 Å². The highest BCUT2D eigenvalue weighted by molar-refractivity contribution is 8.03.